The van der Waals surface area contributed by atoms with E-state index in [1.165, 1.54) is 18.7 Å². The van der Waals surface area contributed by atoms with Gasteiger partial charge in [-0.25, -0.2) is 0 Å². The summed E-state index contributed by atoms with van der Waals surface area (Å²) >= 11 is 1.44. The number of amides is 2. The highest BCUT2D eigenvalue weighted by Gasteiger charge is 2.18. The Kier molecular flexibility index (Phi) is 6.27. The lowest BCUT2D eigenvalue weighted by molar-refractivity contribution is -0.116. The molecule has 138 valence electrons. The zero-order valence-electron chi connectivity index (χ0n) is 14.8. The van der Waals surface area contributed by atoms with E-state index in [0.29, 0.717) is 12.3 Å². The van der Waals surface area contributed by atoms with Crippen LogP contribution in [0, 0.1) is 0 Å². The maximum Gasteiger partial charge on any atom is 0.237 e. The smallest absolute Gasteiger partial charge is 0.237 e. The number of pyridine rings is 1. The summed E-state index contributed by atoms with van der Waals surface area (Å²) in [6, 6.07) is 14.7. The Balaban J connectivity index is 1.66. The first-order valence-electron chi connectivity index (χ1n) is 8.35. The van der Waals surface area contributed by atoms with Crippen LogP contribution in [0.3, 0.4) is 0 Å². The molecule has 0 saturated carbocycles. The van der Waals surface area contributed by atoms with E-state index >= 15 is 0 Å². The van der Waals surface area contributed by atoms with E-state index in [9.17, 15) is 9.59 Å². The van der Waals surface area contributed by atoms with Crippen LogP contribution in [0.2, 0.25) is 0 Å². The van der Waals surface area contributed by atoms with Gasteiger partial charge in [-0.2, -0.15) is 0 Å². The molecule has 0 aliphatic carbocycles. The highest BCUT2D eigenvalue weighted by atomic mass is 32.2. The van der Waals surface area contributed by atoms with Crippen LogP contribution in [0.1, 0.15) is 12.7 Å². The van der Waals surface area contributed by atoms with Crippen molar-refractivity contribution in [3.63, 3.8) is 0 Å². The van der Waals surface area contributed by atoms with Gasteiger partial charge >= 0.3 is 0 Å². The molecule has 3 aromatic rings. The summed E-state index contributed by atoms with van der Waals surface area (Å²) in [5.74, 6) is 0.817. The van der Waals surface area contributed by atoms with Gasteiger partial charge in [-0.3, -0.25) is 14.6 Å². The van der Waals surface area contributed by atoms with E-state index in [1.807, 2.05) is 36.4 Å². The third-order valence-electron chi connectivity index (χ3n) is 3.69. The summed E-state index contributed by atoms with van der Waals surface area (Å²) in [6.45, 7) is 1.81. The van der Waals surface area contributed by atoms with Crippen molar-refractivity contribution in [1.29, 1.82) is 0 Å². The Morgan fingerprint density at radius 2 is 1.96 bits per heavy atom. The summed E-state index contributed by atoms with van der Waals surface area (Å²) in [7, 11) is 0. The molecule has 0 aliphatic heterocycles. The number of nitrogens with zero attached hydrogens (tertiary/aromatic N) is 2. The molecule has 0 saturated heterocycles. The van der Waals surface area contributed by atoms with Gasteiger partial charge in [-0.15, -0.1) is 11.8 Å². The lowest BCUT2D eigenvalue weighted by atomic mass is 10.3. The van der Waals surface area contributed by atoms with Crippen molar-refractivity contribution >= 4 is 35.0 Å². The van der Waals surface area contributed by atoms with Crippen LogP contribution in [-0.4, -0.2) is 22.6 Å². The average molecular weight is 381 g/mol. The number of thioether (sulfide) groups is 1. The average Bonchev–Trinajstić information content (AvgIpc) is 3.19. The molecule has 0 aliphatic rings. The Labute approximate surface area is 161 Å². The van der Waals surface area contributed by atoms with Crippen LogP contribution in [0.25, 0.3) is 0 Å². The first-order chi connectivity index (χ1) is 13.1. The molecule has 2 amide bonds. The van der Waals surface area contributed by atoms with E-state index in [1.54, 1.807) is 35.7 Å². The Morgan fingerprint density at radius 3 is 2.59 bits per heavy atom. The molecular formula is C20H19N3O3S. The molecule has 2 aromatic heterocycles. The van der Waals surface area contributed by atoms with Gasteiger partial charge in [0, 0.05) is 23.7 Å². The molecule has 2 heterocycles. The summed E-state index contributed by atoms with van der Waals surface area (Å²) in [5, 5.41) is 2.72. The molecule has 0 atom stereocenters. The van der Waals surface area contributed by atoms with Crippen LogP contribution < -0.4 is 10.2 Å². The van der Waals surface area contributed by atoms with Crippen molar-refractivity contribution in [2.75, 3.05) is 16.0 Å². The normalized spacial score (nSPS) is 10.4. The molecule has 7 heteroatoms. The van der Waals surface area contributed by atoms with Crippen molar-refractivity contribution in [2.24, 2.45) is 0 Å². The second-order valence-corrected chi connectivity index (χ2v) is 6.81. The van der Waals surface area contributed by atoms with Gasteiger partial charge < -0.3 is 14.6 Å². The number of rotatable bonds is 7. The number of nitrogens with one attached hydrogen (secondary N) is 1. The van der Waals surface area contributed by atoms with Gasteiger partial charge in [0.1, 0.15) is 5.76 Å². The van der Waals surface area contributed by atoms with Crippen molar-refractivity contribution in [3.8, 4) is 0 Å². The van der Waals surface area contributed by atoms with Gasteiger partial charge in [0.15, 0.2) is 0 Å². The lowest BCUT2D eigenvalue weighted by Gasteiger charge is -2.21. The van der Waals surface area contributed by atoms with Gasteiger partial charge in [0.2, 0.25) is 11.8 Å². The molecule has 1 aromatic carbocycles. The SMILES string of the molecule is CC(=O)Nc1ccc(SCC(=O)N(Cc2ccco2)c2cccnc2)cc1. The van der Waals surface area contributed by atoms with Crippen LogP contribution in [0.4, 0.5) is 11.4 Å². The Bertz CT molecular complexity index is 881. The van der Waals surface area contributed by atoms with Crippen molar-refractivity contribution < 1.29 is 14.0 Å². The standard InChI is InChI=1S/C20H19N3O3S/c1-15(24)22-16-6-8-19(9-7-16)27-14-20(25)23(13-18-5-3-11-26-18)17-4-2-10-21-12-17/h2-12H,13-14H2,1H3,(H,22,24). The largest absolute Gasteiger partial charge is 0.467 e. The quantitative estimate of drug-likeness (QED) is 0.627. The third-order valence-corrected chi connectivity index (χ3v) is 4.69. The summed E-state index contributed by atoms with van der Waals surface area (Å²) in [5.41, 5.74) is 1.45. The molecule has 27 heavy (non-hydrogen) atoms. The van der Waals surface area contributed by atoms with E-state index in [0.717, 1.165) is 16.3 Å². The summed E-state index contributed by atoms with van der Waals surface area (Å²) in [6.07, 6.45) is 4.92. The van der Waals surface area contributed by atoms with Crippen LogP contribution >= 0.6 is 11.8 Å². The fourth-order valence-corrected chi connectivity index (χ4v) is 3.23. The first-order valence-corrected chi connectivity index (χ1v) is 9.33. The minimum atomic E-state index is -0.115. The van der Waals surface area contributed by atoms with Crippen LogP contribution in [-0.2, 0) is 16.1 Å². The molecule has 6 nitrogen and oxygen atoms in total. The highest BCUT2D eigenvalue weighted by Crippen LogP contribution is 2.23. The molecule has 0 bridgehead atoms. The van der Waals surface area contributed by atoms with Crippen molar-refractivity contribution in [3.05, 3.63) is 72.9 Å². The molecule has 0 fully saturated rings. The molecule has 1 N–H and O–H groups in total. The van der Waals surface area contributed by atoms with Gasteiger partial charge in [0.05, 0.1) is 30.4 Å². The summed E-state index contributed by atoms with van der Waals surface area (Å²) < 4.78 is 5.39. The third kappa shape index (κ3) is 5.46. The van der Waals surface area contributed by atoms with E-state index in [-0.39, 0.29) is 17.6 Å². The highest BCUT2D eigenvalue weighted by molar-refractivity contribution is 8.00. The zero-order chi connectivity index (χ0) is 19.1. The maximum absolute atomic E-state index is 12.8. The number of aromatic nitrogens is 1. The fraction of sp³-hybridized carbons (Fsp3) is 0.150. The van der Waals surface area contributed by atoms with Gasteiger partial charge in [-0.05, 0) is 48.5 Å². The lowest BCUT2D eigenvalue weighted by Crippen LogP contribution is -2.31. The molecule has 3 rings (SSSR count). The second-order valence-electron chi connectivity index (χ2n) is 5.76. The fourth-order valence-electron chi connectivity index (χ4n) is 2.46. The number of anilines is 2. The number of furan rings is 1. The van der Waals surface area contributed by atoms with Crippen LogP contribution in [0.15, 0.2) is 76.5 Å². The molecular weight excluding hydrogens is 362 g/mol. The molecule has 0 spiro atoms. The summed E-state index contributed by atoms with van der Waals surface area (Å²) in [4.78, 5) is 30.6. The number of carbonyl (C=O) groups excluding carboxylic acids is 2. The van der Waals surface area contributed by atoms with Gasteiger partial charge in [-0.1, -0.05) is 0 Å². The number of hydrogen-bond donors (Lipinski definition) is 1. The topological polar surface area (TPSA) is 75.4 Å². The molecule has 0 radical (unpaired) electrons. The predicted octanol–water partition coefficient (Wildman–Crippen LogP) is 3.96. The van der Waals surface area contributed by atoms with Crippen molar-refractivity contribution in [2.45, 2.75) is 18.4 Å². The van der Waals surface area contributed by atoms with Gasteiger partial charge in [0.25, 0.3) is 0 Å². The Hall–Kier alpha value is -3.06. The number of benzene rings is 1. The van der Waals surface area contributed by atoms with E-state index in [4.69, 9.17) is 4.42 Å². The van der Waals surface area contributed by atoms with Crippen LogP contribution in [0.5, 0.6) is 0 Å². The van der Waals surface area contributed by atoms with E-state index in [2.05, 4.69) is 10.3 Å². The predicted molar refractivity (Wildman–Crippen MR) is 106 cm³/mol. The second kappa shape index (κ2) is 9.05. The zero-order valence-corrected chi connectivity index (χ0v) is 15.6. The van der Waals surface area contributed by atoms with Crippen molar-refractivity contribution in [1.82, 2.24) is 4.98 Å². The maximum atomic E-state index is 12.8. The molecule has 0 unspecified atom stereocenters. The minimum absolute atomic E-state index is 0.0460. The number of carbonyl (C=O) groups is 2. The minimum Gasteiger partial charge on any atom is -0.467 e. The monoisotopic (exact) mass is 381 g/mol. The first kappa shape index (κ1) is 18.7. The van der Waals surface area contributed by atoms with E-state index < -0.39 is 0 Å². The Morgan fingerprint density at radius 1 is 1.15 bits per heavy atom. The number of hydrogen-bond acceptors (Lipinski definition) is 5.